The minimum absolute atomic E-state index is 0.115. The van der Waals surface area contributed by atoms with Crippen molar-refractivity contribution in [1.82, 2.24) is 4.72 Å². The van der Waals surface area contributed by atoms with Gasteiger partial charge in [0.05, 0.1) is 8.68 Å². The number of nitrogens with one attached hydrogen (secondary N) is 1. The van der Waals surface area contributed by atoms with E-state index in [9.17, 15) is 12.8 Å². The Hall–Kier alpha value is -0.960. The van der Waals surface area contributed by atoms with Crippen molar-refractivity contribution in [3.05, 3.63) is 44.3 Å². The maximum atomic E-state index is 13.6. The lowest BCUT2D eigenvalue weighted by molar-refractivity contribution is 0.577. The second-order valence-corrected chi connectivity index (χ2v) is 8.46. The van der Waals surface area contributed by atoms with E-state index in [-0.39, 0.29) is 22.7 Å². The summed E-state index contributed by atoms with van der Waals surface area (Å²) in [6, 6.07) is 5.86. The fourth-order valence-electron chi connectivity index (χ4n) is 1.53. The van der Waals surface area contributed by atoms with Crippen LogP contribution in [0.4, 0.5) is 10.1 Å². The van der Waals surface area contributed by atoms with Gasteiger partial charge in [0.1, 0.15) is 5.82 Å². The highest BCUT2D eigenvalue weighted by Gasteiger charge is 2.17. The number of sulfonamides is 1. The van der Waals surface area contributed by atoms with Crippen LogP contribution in [-0.2, 0) is 16.6 Å². The molecule has 1 aromatic heterocycles. The molecule has 1 heterocycles. The average Bonchev–Trinajstić information content (AvgIpc) is 2.79. The number of hydrogen-bond acceptors (Lipinski definition) is 4. The molecule has 4 nitrogen and oxygen atoms in total. The first-order chi connectivity index (χ1) is 9.29. The SMILES string of the molecule is Cc1c(N)cc(S(=O)(=O)NCc2ccc(Br)s2)cc1F. The summed E-state index contributed by atoms with van der Waals surface area (Å²) >= 11 is 4.72. The highest BCUT2D eigenvalue weighted by Crippen LogP contribution is 2.23. The van der Waals surface area contributed by atoms with Crippen molar-refractivity contribution in [1.29, 1.82) is 0 Å². The van der Waals surface area contributed by atoms with Crippen LogP contribution in [-0.4, -0.2) is 8.42 Å². The molecule has 0 aliphatic heterocycles. The fraction of sp³-hybridized carbons (Fsp3) is 0.167. The van der Waals surface area contributed by atoms with Gasteiger partial charge in [0.25, 0.3) is 0 Å². The van der Waals surface area contributed by atoms with Crippen LogP contribution in [0.5, 0.6) is 0 Å². The Morgan fingerprint density at radius 2 is 2.10 bits per heavy atom. The Morgan fingerprint density at radius 1 is 1.40 bits per heavy atom. The highest BCUT2D eigenvalue weighted by molar-refractivity contribution is 9.11. The number of benzene rings is 1. The van der Waals surface area contributed by atoms with Crippen molar-refractivity contribution >= 4 is 43.0 Å². The molecule has 0 aliphatic carbocycles. The smallest absolute Gasteiger partial charge is 0.241 e. The first-order valence-electron chi connectivity index (χ1n) is 5.59. The van der Waals surface area contributed by atoms with Gasteiger partial charge in [-0.3, -0.25) is 0 Å². The van der Waals surface area contributed by atoms with Gasteiger partial charge in [-0.1, -0.05) is 0 Å². The number of rotatable bonds is 4. The van der Waals surface area contributed by atoms with Crippen LogP contribution < -0.4 is 10.5 Å². The molecule has 2 rings (SSSR count). The van der Waals surface area contributed by atoms with E-state index in [1.807, 2.05) is 6.07 Å². The van der Waals surface area contributed by atoms with Gasteiger partial charge in [-0.15, -0.1) is 11.3 Å². The van der Waals surface area contributed by atoms with Gasteiger partial charge in [-0.2, -0.15) is 0 Å². The first kappa shape index (κ1) is 15.4. The van der Waals surface area contributed by atoms with Gasteiger partial charge in [0.2, 0.25) is 10.0 Å². The third kappa shape index (κ3) is 3.38. The molecule has 0 bridgehead atoms. The lowest BCUT2D eigenvalue weighted by Gasteiger charge is -2.08. The zero-order valence-corrected chi connectivity index (χ0v) is 13.7. The number of nitrogen functional groups attached to an aromatic ring is 1. The van der Waals surface area contributed by atoms with Crippen LogP contribution in [0.25, 0.3) is 0 Å². The third-order valence-electron chi connectivity index (χ3n) is 2.73. The molecular formula is C12H12BrFN2O2S2. The molecule has 0 aliphatic rings. The van der Waals surface area contributed by atoms with Crippen molar-refractivity contribution in [2.75, 3.05) is 5.73 Å². The average molecular weight is 379 g/mol. The van der Waals surface area contributed by atoms with Crippen LogP contribution in [0.3, 0.4) is 0 Å². The predicted molar refractivity (Wildman–Crippen MR) is 81.6 cm³/mol. The van der Waals surface area contributed by atoms with Crippen LogP contribution >= 0.6 is 27.3 Å². The minimum atomic E-state index is -3.79. The van der Waals surface area contributed by atoms with Crippen molar-refractivity contribution in [2.45, 2.75) is 18.4 Å². The van der Waals surface area contributed by atoms with Crippen molar-refractivity contribution in [2.24, 2.45) is 0 Å². The number of anilines is 1. The van der Waals surface area contributed by atoms with Gasteiger partial charge in [0, 0.05) is 22.7 Å². The monoisotopic (exact) mass is 378 g/mol. The molecule has 0 radical (unpaired) electrons. The molecular weight excluding hydrogens is 367 g/mol. The van der Waals surface area contributed by atoms with Gasteiger partial charge in [0.15, 0.2) is 0 Å². The zero-order chi connectivity index (χ0) is 14.9. The van der Waals surface area contributed by atoms with Gasteiger partial charge >= 0.3 is 0 Å². The highest BCUT2D eigenvalue weighted by atomic mass is 79.9. The number of halogens is 2. The van der Waals surface area contributed by atoms with E-state index in [4.69, 9.17) is 5.73 Å². The molecule has 0 amide bonds. The quantitative estimate of drug-likeness (QED) is 0.803. The number of thiophene rings is 1. The lowest BCUT2D eigenvalue weighted by atomic mass is 10.2. The molecule has 108 valence electrons. The van der Waals surface area contributed by atoms with Crippen LogP contribution in [0.15, 0.2) is 32.9 Å². The summed E-state index contributed by atoms with van der Waals surface area (Å²) in [7, 11) is -3.79. The Bertz CT molecular complexity index is 721. The van der Waals surface area contributed by atoms with Gasteiger partial charge < -0.3 is 5.73 Å². The van der Waals surface area contributed by atoms with Crippen LogP contribution in [0.2, 0.25) is 0 Å². The topological polar surface area (TPSA) is 72.2 Å². The standard InChI is InChI=1S/C12H12BrFN2O2S2/c1-7-10(14)4-9(5-11(7)15)20(17,18)16-6-8-2-3-12(13)19-8/h2-5,16H,6,15H2,1H3. The van der Waals surface area contributed by atoms with Crippen LogP contribution in [0.1, 0.15) is 10.4 Å². The molecule has 3 N–H and O–H groups in total. The molecule has 2 aromatic rings. The summed E-state index contributed by atoms with van der Waals surface area (Å²) in [6.07, 6.45) is 0. The van der Waals surface area contributed by atoms with E-state index >= 15 is 0 Å². The second kappa shape index (κ2) is 5.80. The lowest BCUT2D eigenvalue weighted by Crippen LogP contribution is -2.23. The largest absolute Gasteiger partial charge is 0.398 e. The van der Waals surface area contributed by atoms with Crippen molar-refractivity contribution in [3.63, 3.8) is 0 Å². The van der Waals surface area contributed by atoms with E-state index in [0.717, 1.165) is 14.7 Å². The normalized spacial score (nSPS) is 11.8. The molecule has 1 aromatic carbocycles. The maximum Gasteiger partial charge on any atom is 0.241 e. The molecule has 0 saturated heterocycles. The van der Waals surface area contributed by atoms with E-state index < -0.39 is 15.8 Å². The van der Waals surface area contributed by atoms with Gasteiger partial charge in [-0.05, 0) is 47.1 Å². The molecule has 0 saturated carbocycles. The zero-order valence-electron chi connectivity index (χ0n) is 10.5. The maximum absolute atomic E-state index is 13.6. The van der Waals surface area contributed by atoms with Crippen molar-refractivity contribution in [3.8, 4) is 0 Å². The number of hydrogen-bond donors (Lipinski definition) is 2. The van der Waals surface area contributed by atoms with Crippen LogP contribution in [0, 0.1) is 12.7 Å². The summed E-state index contributed by atoms with van der Waals surface area (Å²) in [5.41, 5.74) is 5.95. The molecule has 0 atom stereocenters. The third-order valence-corrected chi connectivity index (χ3v) is 5.74. The Morgan fingerprint density at radius 3 is 2.65 bits per heavy atom. The molecule has 0 spiro atoms. The molecule has 0 fully saturated rings. The molecule has 8 heteroatoms. The van der Waals surface area contributed by atoms with Crippen molar-refractivity contribution < 1.29 is 12.8 Å². The Kier molecular flexibility index (Phi) is 4.48. The fourth-order valence-corrected chi connectivity index (χ4v) is 4.09. The summed E-state index contributed by atoms with van der Waals surface area (Å²) < 4.78 is 41.1. The van der Waals surface area contributed by atoms with E-state index in [1.54, 1.807) is 6.07 Å². The Balaban J connectivity index is 2.22. The Labute approximate surface area is 129 Å². The van der Waals surface area contributed by atoms with Gasteiger partial charge in [-0.25, -0.2) is 17.5 Å². The molecule has 0 unspecified atom stereocenters. The summed E-state index contributed by atoms with van der Waals surface area (Å²) in [4.78, 5) is 0.676. The van der Waals surface area contributed by atoms with E-state index in [0.29, 0.717) is 0 Å². The second-order valence-electron chi connectivity index (χ2n) is 4.15. The molecule has 20 heavy (non-hydrogen) atoms. The predicted octanol–water partition coefficient (Wildman–Crippen LogP) is 3.02. The summed E-state index contributed by atoms with van der Waals surface area (Å²) in [6.45, 7) is 1.64. The minimum Gasteiger partial charge on any atom is -0.398 e. The summed E-state index contributed by atoms with van der Waals surface area (Å²) in [5.74, 6) is -0.635. The summed E-state index contributed by atoms with van der Waals surface area (Å²) in [5, 5.41) is 0. The number of nitrogens with two attached hydrogens (primary N) is 1. The van der Waals surface area contributed by atoms with E-state index in [2.05, 4.69) is 20.7 Å². The first-order valence-corrected chi connectivity index (χ1v) is 8.68. The van der Waals surface area contributed by atoms with E-state index in [1.165, 1.54) is 24.3 Å².